The Hall–Kier alpha value is -3.42. The van der Waals surface area contributed by atoms with Gasteiger partial charge in [-0.1, -0.05) is 26.0 Å². The standard InChI is InChI=1S/C21H23N3O5/c1-4-14-6-8-15(9-7-14)22-20(25)13(3)23-17-12-16(24(27)28)10-11-19(17)29-18(5-2)21(23)26/h6-13,18H,4-5H2,1-3H3,(H,22,25). The molecule has 0 fully saturated rings. The van der Waals surface area contributed by atoms with Crippen LogP contribution in [0.15, 0.2) is 42.5 Å². The van der Waals surface area contributed by atoms with Crippen LogP contribution in [0.2, 0.25) is 0 Å². The molecule has 0 saturated carbocycles. The third-order valence-electron chi connectivity index (χ3n) is 4.96. The molecule has 1 heterocycles. The summed E-state index contributed by atoms with van der Waals surface area (Å²) >= 11 is 0. The molecule has 2 unspecified atom stereocenters. The maximum atomic E-state index is 12.9. The van der Waals surface area contributed by atoms with Crippen LogP contribution in [0.1, 0.15) is 32.8 Å². The summed E-state index contributed by atoms with van der Waals surface area (Å²) in [5.41, 5.74) is 1.80. The highest BCUT2D eigenvalue weighted by Crippen LogP contribution is 2.38. The van der Waals surface area contributed by atoms with Crippen LogP contribution in [0.4, 0.5) is 17.1 Å². The van der Waals surface area contributed by atoms with Crippen LogP contribution >= 0.6 is 0 Å². The number of non-ortho nitro benzene ring substituents is 1. The van der Waals surface area contributed by atoms with Crippen LogP contribution in [0, 0.1) is 10.1 Å². The second-order valence-electron chi connectivity index (χ2n) is 6.85. The van der Waals surface area contributed by atoms with E-state index in [-0.39, 0.29) is 11.4 Å². The predicted octanol–water partition coefficient (Wildman–Crippen LogP) is 3.69. The summed E-state index contributed by atoms with van der Waals surface area (Å²) in [6, 6.07) is 10.6. The average Bonchev–Trinajstić information content (AvgIpc) is 2.72. The highest BCUT2D eigenvalue weighted by atomic mass is 16.6. The van der Waals surface area contributed by atoms with Crippen LogP contribution in [0.25, 0.3) is 0 Å². The first-order chi connectivity index (χ1) is 13.8. The Morgan fingerprint density at radius 2 is 1.93 bits per heavy atom. The number of hydrogen-bond donors (Lipinski definition) is 1. The highest BCUT2D eigenvalue weighted by Gasteiger charge is 2.39. The number of anilines is 2. The van der Waals surface area contributed by atoms with Crippen LogP contribution in [0.3, 0.4) is 0 Å². The number of carbonyl (C=O) groups excluding carboxylic acids is 2. The molecule has 2 aromatic rings. The van der Waals surface area contributed by atoms with Crippen LogP contribution < -0.4 is 15.0 Å². The van der Waals surface area contributed by atoms with E-state index in [1.165, 1.54) is 23.1 Å². The predicted molar refractivity (Wildman–Crippen MR) is 109 cm³/mol. The maximum Gasteiger partial charge on any atom is 0.271 e. The van der Waals surface area contributed by atoms with E-state index in [0.717, 1.165) is 12.0 Å². The van der Waals surface area contributed by atoms with Gasteiger partial charge in [0, 0.05) is 17.8 Å². The molecule has 0 radical (unpaired) electrons. The lowest BCUT2D eigenvalue weighted by Gasteiger charge is -2.36. The SMILES string of the molecule is CCc1ccc(NC(=O)C(C)N2C(=O)C(CC)Oc3ccc([N+](=O)[O-])cc32)cc1. The number of rotatable bonds is 6. The second-order valence-corrected chi connectivity index (χ2v) is 6.85. The van der Waals surface area contributed by atoms with Gasteiger partial charge >= 0.3 is 0 Å². The monoisotopic (exact) mass is 397 g/mol. The lowest BCUT2D eigenvalue weighted by Crippen LogP contribution is -2.53. The molecule has 1 aliphatic rings. The molecule has 1 aliphatic heterocycles. The van der Waals surface area contributed by atoms with E-state index in [1.54, 1.807) is 26.0 Å². The molecule has 1 N–H and O–H groups in total. The van der Waals surface area contributed by atoms with E-state index in [9.17, 15) is 19.7 Å². The Morgan fingerprint density at radius 3 is 2.52 bits per heavy atom. The van der Waals surface area contributed by atoms with E-state index in [4.69, 9.17) is 4.74 Å². The summed E-state index contributed by atoms with van der Waals surface area (Å²) in [5, 5.41) is 14.0. The number of nitro groups is 1. The molecule has 2 amide bonds. The molecule has 8 nitrogen and oxygen atoms in total. The Balaban J connectivity index is 1.91. The van der Waals surface area contributed by atoms with E-state index in [1.807, 2.05) is 19.1 Å². The van der Waals surface area contributed by atoms with Crippen molar-refractivity contribution in [3.8, 4) is 5.75 Å². The zero-order chi connectivity index (χ0) is 21.1. The van der Waals surface area contributed by atoms with Crippen LogP contribution in [-0.4, -0.2) is 28.9 Å². The highest BCUT2D eigenvalue weighted by molar-refractivity contribution is 6.08. The van der Waals surface area contributed by atoms with E-state index >= 15 is 0 Å². The first kappa shape index (κ1) is 20.3. The van der Waals surface area contributed by atoms with Crippen molar-refractivity contribution >= 4 is 28.9 Å². The average molecular weight is 397 g/mol. The fourth-order valence-corrected chi connectivity index (χ4v) is 3.23. The van der Waals surface area contributed by atoms with Gasteiger partial charge in [-0.2, -0.15) is 0 Å². The largest absolute Gasteiger partial charge is 0.478 e. The molecule has 152 valence electrons. The van der Waals surface area contributed by atoms with Gasteiger partial charge in [0.25, 0.3) is 11.6 Å². The number of hydrogen-bond acceptors (Lipinski definition) is 5. The number of carbonyl (C=O) groups is 2. The third-order valence-corrected chi connectivity index (χ3v) is 4.96. The van der Waals surface area contributed by atoms with E-state index in [2.05, 4.69) is 5.32 Å². The molecule has 3 rings (SSSR count). The number of fused-ring (bicyclic) bond motifs is 1. The minimum Gasteiger partial charge on any atom is -0.478 e. The first-order valence-corrected chi connectivity index (χ1v) is 9.53. The zero-order valence-corrected chi connectivity index (χ0v) is 16.5. The minimum absolute atomic E-state index is 0.178. The molecule has 0 bridgehead atoms. The Labute approximate surface area is 168 Å². The van der Waals surface area contributed by atoms with Gasteiger partial charge in [0.15, 0.2) is 6.10 Å². The summed E-state index contributed by atoms with van der Waals surface area (Å²) in [6.07, 6.45) is 0.558. The van der Waals surface area contributed by atoms with Crippen molar-refractivity contribution < 1.29 is 19.2 Å². The number of nitrogens with zero attached hydrogens (tertiary/aromatic N) is 2. The quantitative estimate of drug-likeness (QED) is 0.592. The molecule has 2 atom stereocenters. The topological polar surface area (TPSA) is 102 Å². The number of nitrogens with one attached hydrogen (secondary N) is 1. The van der Waals surface area contributed by atoms with Gasteiger partial charge in [0.2, 0.25) is 5.91 Å². The van der Waals surface area contributed by atoms with Gasteiger partial charge in [-0.3, -0.25) is 24.6 Å². The van der Waals surface area contributed by atoms with Gasteiger partial charge in [-0.15, -0.1) is 0 Å². The summed E-state index contributed by atoms with van der Waals surface area (Å²) in [6.45, 7) is 5.44. The summed E-state index contributed by atoms with van der Waals surface area (Å²) in [5.74, 6) is -0.449. The molecular weight excluding hydrogens is 374 g/mol. The Bertz CT molecular complexity index is 942. The van der Waals surface area contributed by atoms with Crippen LogP contribution in [-0.2, 0) is 16.0 Å². The fraction of sp³-hybridized carbons (Fsp3) is 0.333. The normalized spacial score (nSPS) is 16.6. The minimum atomic E-state index is -0.882. The molecule has 29 heavy (non-hydrogen) atoms. The summed E-state index contributed by atoms with van der Waals surface area (Å²) in [4.78, 5) is 37.7. The number of benzene rings is 2. The van der Waals surface area contributed by atoms with Gasteiger partial charge in [0.1, 0.15) is 11.8 Å². The first-order valence-electron chi connectivity index (χ1n) is 9.53. The number of amides is 2. The Kier molecular flexibility index (Phi) is 5.81. The maximum absolute atomic E-state index is 12.9. The molecular formula is C21H23N3O5. The van der Waals surface area contributed by atoms with Crippen molar-refractivity contribution in [2.75, 3.05) is 10.2 Å². The van der Waals surface area contributed by atoms with Gasteiger partial charge in [0.05, 0.1) is 10.6 Å². The molecule has 0 saturated heterocycles. The molecule has 0 aromatic heterocycles. The number of ether oxygens (including phenoxy) is 1. The van der Waals surface area contributed by atoms with Crippen molar-refractivity contribution in [1.29, 1.82) is 0 Å². The van der Waals surface area contributed by atoms with Crippen molar-refractivity contribution in [3.05, 3.63) is 58.1 Å². The smallest absolute Gasteiger partial charge is 0.271 e. The number of nitro benzene ring substituents is 1. The fourth-order valence-electron chi connectivity index (χ4n) is 3.23. The third kappa shape index (κ3) is 4.06. The second kappa shape index (κ2) is 8.30. The summed E-state index contributed by atoms with van der Waals surface area (Å²) < 4.78 is 5.69. The lowest BCUT2D eigenvalue weighted by atomic mass is 10.1. The van der Waals surface area contributed by atoms with Crippen molar-refractivity contribution in [2.45, 2.75) is 45.8 Å². The lowest BCUT2D eigenvalue weighted by molar-refractivity contribution is -0.384. The molecule has 8 heteroatoms. The molecule has 0 aliphatic carbocycles. The molecule has 2 aromatic carbocycles. The van der Waals surface area contributed by atoms with Gasteiger partial charge in [-0.05, 0) is 43.5 Å². The van der Waals surface area contributed by atoms with Gasteiger partial charge < -0.3 is 10.1 Å². The molecule has 0 spiro atoms. The van der Waals surface area contributed by atoms with Gasteiger partial charge in [-0.25, -0.2) is 0 Å². The van der Waals surface area contributed by atoms with E-state index < -0.39 is 28.9 Å². The zero-order valence-electron chi connectivity index (χ0n) is 16.5. The number of aryl methyl sites for hydroxylation is 1. The summed E-state index contributed by atoms with van der Waals surface area (Å²) in [7, 11) is 0. The van der Waals surface area contributed by atoms with Crippen molar-refractivity contribution in [2.24, 2.45) is 0 Å². The van der Waals surface area contributed by atoms with E-state index in [0.29, 0.717) is 17.9 Å². The Morgan fingerprint density at radius 1 is 1.24 bits per heavy atom. The van der Waals surface area contributed by atoms with Crippen molar-refractivity contribution in [1.82, 2.24) is 0 Å². The van der Waals surface area contributed by atoms with Crippen LogP contribution in [0.5, 0.6) is 5.75 Å². The van der Waals surface area contributed by atoms with Crippen molar-refractivity contribution in [3.63, 3.8) is 0 Å².